The fourth-order valence-corrected chi connectivity index (χ4v) is 3.88. The van der Waals surface area contributed by atoms with Crippen LogP contribution in [0.15, 0.2) is 28.7 Å². The lowest BCUT2D eigenvalue weighted by Crippen LogP contribution is -2.15. The minimum atomic E-state index is -0.279. The zero-order valence-electron chi connectivity index (χ0n) is 14.9. The van der Waals surface area contributed by atoms with E-state index >= 15 is 0 Å². The van der Waals surface area contributed by atoms with Crippen molar-refractivity contribution in [1.82, 2.24) is 25.2 Å². The number of aromatic nitrogens is 5. The molecule has 1 N–H and O–H groups in total. The van der Waals surface area contributed by atoms with Crippen LogP contribution in [0.1, 0.15) is 59.7 Å². The molecule has 1 aromatic carbocycles. The topological polar surface area (TPSA) is 85.6 Å². The maximum Gasteiger partial charge on any atom is 0.279 e. The van der Waals surface area contributed by atoms with Crippen molar-refractivity contribution < 1.29 is 4.79 Å². The predicted octanol–water partition coefficient (Wildman–Crippen LogP) is 4.35. The summed E-state index contributed by atoms with van der Waals surface area (Å²) in [7, 11) is 0. The fourth-order valence-electron chi connectivity index (χ4n) is 2.84. The lowest BCUT2D eigenvalue weighted by Gasteiger charge is -2.07. The van der Waals surface area contributed by atoms with E-state index in [-0.39, 0.29) is 5.91 Å². The van der Waals surface area contributed by atoms with Gasteiger partial charge in [-0.1, -0.05) is 45.8 Å². The number of anilines is 1. The molecule has 140 valence electrons. The highest BCUT2D eigenvalue weighted by Gasteiger charge is 2.34. The van der Waals surface area contributed by atoms with E-state index < -0.39 is 0 Å². The van der Waals surface area contributed by atoms with Crippen molar-refractivity contribution in [1.29, 1.82) is 0 Å². The van der Waals surface area contributed by atoms with Crippen molar-refractivity contribution in [2.24, 2.45) is 0 Å². The highest BCUT2D eigenvalue weighted by atomic mass is 79.9. The van der Waals surface area contributed by atoms with Gasteiger partial charge in [0.15, 0.2) is 5.69 Å². The minimum absolute atomic E-state index is 0.279. The Kier molecular flexibility index (Phi) is 5.31. The van der Waals surface area contributed by atoms with E-state index in [9.17, 15) is 4.79 Å². The number of carbonyl (C=O) groups excluding carboxylic acids is 1. The number of unbranched alkanes of at least 4 members (excludes halogenated alkanes) is 1. The molecule has 27 heavy (non-hydrogen) atoms. The van der Waals surface area contributed by atoms with Gasteiger partial charge in [-0.05, 0) is 43.5 Å². The van der Waals surface area contributed by atoms with Crippen molar-refractivity contribution >= 4 is 38.3 Å². The Balaban J connectivity index is 1.57. The van der Waals surface area contributed by atoms with E-state index in [0.29, 0.717) is 16.7 Å². The molecule has 0 bridgehead atoms. The van der Waals surface area contributed by atoms with Crippen LogP contribution < -0.4 is 5.32 Å². The third-order valence-corrected chi connectivity index (χ3v) is 5.81. The fraction of sp³-hybridized carbons (Fsp3) is 0.389. The second-order valence-corrected chi connectivity index (χ2v) is 8.52. The molecule has 3 aromatic rings. The maximum atomic E-state index is 12.8. The number of carbonyl (C=O) groups is 1. The largest absolute Gasteiger partial charge is 0.295 e. The number of halogens is 1. The standard InChI is InChI=1S/C18H19BrN6OS/c1-2-3-4-14-21-23-18(27-14)20-17(26)15-16(11-5-6-11)25(24-22-15)13-9-7-12(19)8-10-13/h7-11H,2-6H2,1H3,(H,20,23,26). The van der Waals surface area contributed by atoms with Gasteiger partial charge in [0.1, 0.15) is 5.01 Å². The second kappa shape index (κ2) is 7.85. The highest BCUT2D eigenvalue weighted by Crippen LogP contribution is 2.42. The summed E-state index contributed by atoms with van der Waals surface area (Å²) < 4.78 is 2.76. The lowest BCUT2D eigenvalue weighted by atomic mass is 10.2. The molecule has 1 amide bonds. The molecule has 0 spiro atoms. The molecular weight excluding hydrogens is 428 g/mol. The number of amides is 1. The Morgan fingerprint density at radius 3 is 2.74 bits per heavy atom. The van der Waals surface area contributed by atoms with E-state index in [1.54, 1.807) is 4.68 Å². The first kappa shape index (κ1) is 18.2. The van der Waals surface area contributed by atoms with Crippen LogP contribution in [0.2, 0.25) is 0 Å². The Hall–Kier alpha value is -2.13. The molecule has 7 nitrogen and oxygen atoms in total. The highest BCUT2D eigenvalue weighted by molar-refractivity contribution is 9.10. The number of hydrogen-bond donors (Lipinski definition) is 1. The first-order chi connectivity index (χ1) is 13.2. The van der Waals surface area contributed by atoms with Crippen molar-refractivity contribution in [2.45, 2.75) is 44.9 Å². The Morgan fingerprint density at radius 1 is 1.26 bits per heavy atom. The molecule has 1 aliphatic rings. The van der Waals surface area contributed by atoms with Gasteiger partial charge in [0.05, 0.1) is 11.4 Å². The van der Waals surface area contributed by atoms with Crippen molar-refractivity contribution in [3.05, 3.63) is 45.1 Å². The normalized spacial score (nSPS) is 13.7. The molecule has 2 aromatic heterocycles. The van der Waals surface area contributed by atoms with Gasteiger partial charge in [-0.25, -0.2) is 4.68 Å². The molecule has 1 aliphatic carbocycles. The van der Waals surface area contributed by atoms with Crippen LogP contribution in [-0.4, -0.2) is 31.1 Å². The van der Waals surface area contributed by atoms with E-state index in [4.69, 9.17) is 0 Å². The van der Waals surface area contributed by atoms with Crippen molar-refractivity contribution in [2.75, 3.05) is 5.32 Å². The van der Waals surface area contributed by atoms with Crippen LogP contribution in [0.3, 0.4) is 0 Å². The Morgan fingerprint density at radius 2 is 2.04 bits per heavy atom. The first-order valence-electron chi connectivity index (χ1n) is 9.01. The van der Waals surface area contributed by atoms with Crippen LogP contribution in [0.5, 0.6) is 0 Å². The number of aryl methyl sites for hydroxylation is 1. The van der Waals surface area contributed by atoms with Gasteiger partial charge in [-0.15, -0.1) is 15.3 Å². The summed E-state index contributed by atoms with van der Waals surface area (Å²) in [5.41, 5.74) is 2.13. The van der Waals surface area contributed by atoms with E-state index in [2.05, 4.69) is 48.7 Å². The molecule has 9 heteroatoms. The van der Waals surface area contributed by atoms with Gasteiger partial charge in [0.2, 0.25) is 5.13 Å². The molecular formula is C18H19BrN6OS. The number of nitrogens with zero attached hydrogens (tertiary/aromatic N) is 5. The van der Waals surface area contributed by atoms with E-state index in [1.807, 2.05) is 24.3 Å². The third-order valence-electron chi connectivity index (χ3n) is 4.39. The van der Waals surface area contributed by atoms with Crippen molar-refractivity contribution in [3.63, 3.8) is 0 Å². The predicted molar refractivity (Wildman–Crippen MR) is 108 cm³/mol. The first-order valence-corrected chi connectivity index (χ1v) is 10.6. The SMILES string of the molecule is CCCCc1nnc(NC(=O)c2nnn(-c3ccc(Br)cc3)c2C2CC2)s1. The summed E-state index contributed by atoms with van der Waals surface area (Å²) in [6.45, 7) is 2.14. The summed E-state index contributed by atoms with van der Waals surface area (Å²) in [5.74, 6) is 0.0392. The van der Waals surface area contributed by atoms with E-state index in [1.165, 1.54) is 11.3 Å². The molecule has 0 aliphatic heterocycles. The van der Waals surface area contributed by atoms with Crippen LogP contribution in [0, 0.1) is 0 Å². The zero-order valence-corrected chi connectivity index (χ0v) is 17.3. The summed E-state index contributed by atoms with van der Waals surface area (Å²) in [6, 6.07) is 7.81. The van der Waals surface area contributed by atoms with Crippen LogP contribution in [-0.2, 0) is 6.42 Å². The molecule has 0 saturated heterocycles. The lowest BCUT2D eigenvalue weighted by molar-refractivity contribution is 0.102. The van der Waals surface area contributed by atoms with Crippen LogP contribution in [0.25, 0.3) is 5.69 Å². The van der Waals surface area contributed by atoms with Gasteiger partial charge in [-0.3, -0.25) is 10.1 Å². The molecule has 0 unspecified atom stereocenters. The van der Waals surface area contributed by atoms with Gasteiger partial charge in [-0.2, -0.15) is 0 Å². The minimum Gasteiger partial charge on any atom is -0.295 e. The Labute approximate surface area is 169 Å². The van der Waals surface area contributed by atoms with Crippen molar-refractivity contribution in [3.8, 4) is 5.69 Å². The maximum absolute atomic E-state index is 12.8. The monoisotopic (exact) mass is 446 g/mol. The number of nitrogens with one attached hydrogen (secondary N) is 1. The second-order valence-electron chi connectivity index (χ2n) is 6.54. The van der Waals surface area contributed by atoms with E-state index in [0.717, 1.165) is 53.0 Å². The molecule has 4 rings (SSSR count). The van der Waals surface area contributed by atoms with Crippen LogP contribution in [0.4, 0.5) is 5.13 Å². The van der Waals surface area contributed by atoms with Gasteiger partial charge < -0.3 is 0 Å². The van der Waals surface area contributed by atoms with Gasteiger partial charge in [0.25, 0.3) is 5.91 Å². The summed E-state index contributed by atoms with van der Waals surface area (Å²) in [6.07, 6.45) is 5.15. The van der Waals surface area contributed by atoms with Gasteiger partial charge >= 0.3 is 0 Å². The Bertz CT molecular complexity index is 947. The molecule has 0 atom stereocenters. The zero-order chi connectivity index (χ0) is 18.8. The van der Waals surface area contributed by atoms with Gasteiger partial charge in [0, 0.05) is 16.8 Å². The third kappa shape index (κ3) is 4.08. The number of hydrogen-bond acceptors (Lipinski definition) is 6. The number of benzene rings is 1. The molecule has 2 heterocycles. The summed E-state index contributed by atoms with van der Waals surface area (Å²) in [4.78, 5) is 12.8. The molecule has 1 saturated carbocycles. The molecule has 0 radical (unpaired) electrons. The average molecular weight is 447 g/mol. The molecule has 1 fully saturated rings. The average Bonchev–Trinajstić information content (AvgIpc) is 3.25. The summed E-state index contributed by atoms with van der Waals surface area (Å²) >= 11 is 4.86. The smallest absolute Gasteiger partial charge is 0.279 e. The van der Waals surface area contributed by atoms with Crippen LogP contribution >= 0.6 is 27.3 Å². The summed E-state index contributed by atoms with van der Waals surface area (Å²) in [5, 5.41) is 20.9. The quantitative estimate of drug-likeness (QED) is 0.582. The number of rotatable bonds is 7.